The lowest BCUT2D eigenvalue weighted by Crippen LogP contribution is -2.21. The molecule has 2 unspecified atom stereocenters. The summed E-state index contributed by atoms with van der Waals surface area (Å²) in [5, 5.41) is 3.12. The number of carbonyl (C=O) groups excluding carboxylic acids is 2. The minimum atomic E-state index is -0.571. The average Bonchev–Trinajstić information content (AvgIpc) is 2.95. The fourth-order valence-electron chi connectivity index (χ4n) is 2.97. The predicted molar refractivity (Wildman–Crippen MR) is 72.9 cm³/mol. The molecule has 3 rings (SSSR count). The molecule has 4 nitrogen and oxygen atoms in total. The van der Waals surface area contributed by atoms with Crippen molar-refractivity contribution < 1.29 is 9.59 Å². The maximum absolute atomic E-state index is 12.1. The van der Waals surface area contributed by atoms with Gasteiger partial charge in [0.1, 0.15) is 0 Å². The van der Waals surface area contributed by atoms with Crippen LogP contribution in [0, 0.1) is 17.8 Å². The third-order valence-corrected chi connectivity index (χ3v) is 4.43. The van der Waals surface area contributed by atoms with Gasteiger partial charge in [0, 0.05) is 11.6 Å². The highest BCUT2D eigenvalue weighted by Gasteiger charge is 2.47. The van der Waals surface area contributed by atoms with Crippen molar-refractivity contribution in [2.24, 2.45) is 23.5 Å². The number of carbonyl (C=O) groups is 2. The first-order valence-electron chi connectivity index (χ1n) is 6.45. The van der Waals surface area contributed by atoms with Crippen molar-refractivity contribution in [3.8, 4) is 0 Å². The molecular weight excluding hydrogens is 264 g/mol. The number of nitrogens with one attached hydrogen (secondary N) is 1. The minimum Gasteiger partial charge on any atom is -0.366 e. The van der Waals surface area contributed by atoms with E-state index >= 15 is 0 Å². The molecule has 0 aliphatic heterocycles. The van der Waals surface area contributed by atoms with Gasteiger partial charge in [-0.25, -0.2) is 0 Å². The first-order chi connectivity index (χ1) is 9.04. The van der Waals surface area contributed by atoms with Crippen LogP contribution in [0.5, 0.6) is 0 Å². The Bertz CT molecular complexity index is 548. The number of hydrogen-bond donors (Lipinski definition) is 2. The van der Waals surface area contributed by atoms with Gasteiger partial charge in [0.05, 0.1) is 10.6 Å². The molecule has 2 aliphatic rings. The van der Waals surface area contributed by atoms with Gasteiger partial charge >= 0.3 is 0 Å². The van der Waals surface area contributed by atoms with Crippen LogP contribution in [0.25, 0.3) is 0 Å². The SMILES string of the molecule is NC(=O)c1ccc(NC(=O)C2CC3CC3C2)cc1Cl. The molecule has 0 bridgehead atoms. The molecule has 1 aromatic carbocycles. The highest BCUT2D eigenvalue weighted by Crippen LogP contribution is 2.54. The second-order valence-corrected chi connectivity index (χ2v) is 5.88. The van der Waals surface area contributed by atoms with Gasteiger partial charge in [0.15, 0.2) is 0 Å². The molecule has 0 aromatic heterocycles. The maximum Gasteiger partial charge on any atom is 0.250 e. The normalized spacial score (nSPS) is 27.7. The molecule has 2 atom stereocenters. The van der Waals surface area contributed by atoms with Crippen LogP contribution in [0.15, 0.2) is 18.2 Å². The van der Waals surface area contributed by atoms with Crippen molar-refractivity contribution in [3.63, 3.8) is 0 Å². The number of halogens is 1. The first-order valence-corrected chi connectivity index (χ1v) is 6.82. The lowest BCUT2D eigenvalue weighted by Gasteiger charge is -2.13. The Morgan fingerprint density at radius 1 is 1.21 bits per heavy atom. The van der Waals surface area contributed by atoms with Gasteiger partial charge in [0.2, 0.25) is 11.8 Å². The summed E-state index contributed by atoms with van der Waals surface area (Å²) in [5.41, 5.74) is 6.05. The number of amides is 2. The first kappa shape index (κ1) is 12.5. The van der Waals surface area contributed by atoms with Crippen LogP contribution in [-0.4, -0.2) is 11.8 Å². The number of fused-ring (bicyclic) bond motifs is 1. The van der Waals surface area contributed by atoms with E-state index in [0.717, 1.165) is 24.7 Å². The molecule has 19 heavy (non-hydrogen) atoms. The summed E-state index contributed by atoms with van der Waals surface area (Å²) in [6.07, 6.45) is 3.30. The summed E-state index contributed by atoms with van der Waals surface area (Å²) in [5.74, 6) is 1.15. The Labute approximate surface area is 116 Å². The van der Waals surface area contributed by atoms with Gasteiger partial charge in [-0.05, 0) is 49.3 Å². The van der Waals surface area contributed by atoms with Crippen molar-refractivity contribution in [2.75, 3.05) is 5.32 Å². The molecular formula is C14H15ClN2O2. The zero-order chi connectivity index (χ0) is 13.6. The largest absolute Gasteiger partial charge is 0.366 e. The van der Waals surface area contributed by atoms with E-state index < -0.39 is 5.91 Å². The van der Waals surface area contributed by atoms with E-state index in [-0.39, 0.29) is 22.4 Å². The molecule has 2 aliphatic carbocycles. The van der Waals surface area contributed by atoms with Crippen molar-refractivity contribution in [1.29, 1.82) is 0 Å². The van der Waals surface area contributed by atoms with E-state index in [9.17, 15) is 9.59 Å². The van der Waals surface area contributed by atoms with E-state index in [1.807, 2.05) is 0 Å². The molecule has 2 fully saturated rings. The number of rotatable bonds is 3. The number of anilines is 1. The highest BCUT2D eigenvalue weighted by atomic mass is 35.5. The van der Waals surface area contributed by atoms with E-state index in [4.69, 9.17) is 17.3 Å². The summed E-state index contributed by atoms with van der Waals surface area (Å²) >= 11 is 5.95. The molecule has 2 saturated carbocycles. The lowest BCUT2D eigenvalue weighted by atomic mass is 10.0. The van der Waals surface area contributed by atoms with Crippen LogP contribution >= 0.6 is 11.6 Å². The molecule has 0 heterocycles. The summed E-state index contributed by atoms with van der Waals surface area (Å²) in [6.45, 7) is 0. The maximum atomic E-state index is 12.1. The Hall–Kier alpha value is -1.55. The molecule has 100 valence electrons. The fraction of sp³-hybridized carbons (Fsp3) is 0.429. The minimum absolute atomic E-state index is 0.0510. The second kappa shape index (κ2) is 4.53. The Balaban J connectivity index is 1.67. The standard InChI is InChI=1S/C14H15ClN2O2/c15-12-6-10(1-2-11(12)13(16)18)17-14(19)9-4-7-3-8(7)5-9/h1-2,6-9H,3-5H2,(H2,16,18)(H,17,19). The highest BCUT2D eigenvalue weighted by molar-refractivity contribution is 6.34. The molecule has 3 N–H and O–H groups in total. The third-order valence-electron chi connectivity index (χ3n) is 4.12. The number of nitrogens with two attached hydrogens (primary N) is 1. The number of primary amides is 1. The average molecular weight is 279 g/mol. The van der Waals surface area contributed by atoms with Gasteiger partial charge in [-0.15, -0.1) is 0 Å². The molecule has 0 radical (unpaired) electrons. The third kappa shape index (κ3) is 2.45. The Morgan fingerprint density at radius 3 is 2.47 bits per heavy atom. The van der Waals surface area contributed by atoms with Gasteiger partial charge in [-0.3, -0.25) is 9.59 Å². The summed E-state index contributed by atoms with van der Waals surface area (Å²) in [6, 6.07) is 4.75. The quantitative estimate of drug-likeness (QED) is 0.891. The van der Waals surface area contributed by atoms with Crippen molar-refractivity contribution >= 4 is 29.1 Å². The van der Waals surface area contributed by atoms with Crippen LogP contribution in [-0.2, 0) is 4.79 Å². The smallest absolute Gasteiger partial charge is 0.250 e. The van der Waals surface area contributed by atoms with Gasteiger partial charge in [-0.2, -0.15) is 0 Å². The van der Waals surface area contributed by atoms with Crippen LogP contribution in [0.4, 0.5) is 5.69 Å². The van der Waals surface area contributed by atoms with E-state index in [1.54, 1.807) is 12.1 Å². The number of benzene rings is 1. The molecule has 5 heteroatoms. The van der Waals surface area contributed by atoms with Crippen LogP contribution in [0.2, 0.25) is 5.02 Å². The Kier molecular flexibility index (Phi) is 2.97. The monoisotopic (exact) mass is 278 g/mol. The van der Waals surface area contributed by atoms with E-state index in [2.05, 4.69) is 5.32 Å². The van der Waals surface area contributed by atoms with Crippen LogP contribution in [0.3, 0.4) is 0 Å². The zero-order valence-electron chi connectivity index (χ0n) is 10.4. The number of hydrogen-bond acceptors (Lipinski definition) is 2. The topological polar surface area (TPSA) is 72.2 Å². The zero-order valence-corrected chi connectivity index (χ0v) is 11.1. The summed E-state index contributed by atoms with van der Waals surface area (Å²) in [4.78, 5) is 23.1. The van der Waals surface area contributed by atoms with E-state index in [0.29, 0.717) is 5.69 Å². The summed E-state index contributed by atoms with van der Waals surface area (Å²) in [7, 11) is 0. The van der Waals surface area contributed by atoms with E-state index in [1.165, 1.54) is 12.5 Å². The van der Waals surface area contributed by atoms with Crippen molar-refractivity contribution in [1.82, 2.24) is 0 Å². The van der Waals surface area contributed by atoms with Gasteiger partial charge in [0.25, 0.3) is 0 Å². The van der Waals surface area contributed by atoms with Crippen molar-refractivity contribution in [3.05, 3.63) is 28.8 Å². The summed E-state index contributed by atoms with van der Waals surface area (Å²) < 4.78 is 0. The molecule has 0 spiro atoms. The molecule has 0 saturated heterocycles. The lowest BCUT2D eigenvalue weighted by molar-refractivity contribution is -0.120. The molecule has 2 amide bonds. The van der Waals surface area contributed by atoms with Crippen LogP contribution < -0.4 is 11.1 Å². The second-order valence-electron chi connectivity index (χ2n) is 5.47. The predicted octanol–water partition coefficient (Wildman–Crippen LogP) is 2.42. The van der Waals surface area contributed by atoms with Crippen LogP contribution in [0.1, 0.15) is 29.6 Å². The Morgan fingerprint density at radius 2 is 1.89 bits per heavy atom. The van der Waals surface area contributed by atoms with Gasteiger partial charge < -0.3 is 11.1 Å². The van der Waals surface area contributed by atoms with Gasteiger partial charge in [-0.1, -0.05) is 11.6 Å². The fourth-order valence-corrected chi connectivity index (χ4v) is 3.24. The molecule has 1 aromatic rings. The van der Waals surface area contributed by atoms with Crippen molar-refractivity contribution in [2.45, 2.75) is 19.3 Å².